The van der Waals surface area contributed by atoms with E-state index in [1.54, 1.807) is 0 Å². The zero-order valence-electron chi connectivity index (χ0n) is 30.1. The van der Waals surface area contributed by atoms with Crippen molar-refractivity contribution in [2.75, 3.05) is 0 Å². The van der Waals surface area contributed by atoms with Gasteiger partial charge < -0.3 is 4.42 Å². The van der Waals surface area contributed by atoms with Crippen LogP contribution in [0.15, 0.2) is 192 Å². The minimum Gasteiger partial charge on any atom is -0.455 e. The van der Waals surface area contributed by atoms with Gasteiger partial charge in [0, 0.05) is 38.1 Å². The number of furan rings is 1. The van der Waals surface area contributed by atoms with E-state index in [2.05, 4.69) is 180 Å². The van der Waals surface area contributed by atoms with Crippen LogP contribution in [0.3, 0.4) is 0 Å². The van der Waals surface area contributed by atoms with Crippen LogP contribution in [0.4, 0.5) is 0 Å². The summed E-state index contributed by atoms with van der Waals surface area (Å²) in [6.45, 7) is 0. The number of nitrogens with zero attached hydrogens (tertiary/aromatic N) is 3. The fourth-order valence-corrected chi connectivity index (χ4v) is 8.73. The molecule has 0 aliphatic carbocycles. The van der Waals surface area contributed by atoms with Crippen LogP contribution in [0, 0.1) is 0 Å². The van der Waals surface area contributed by atoms with E-state index in [0.29, 0.717) is 5.95 Å². The van der Waals surface area contributed by atoms with Crippen LogP contribution in [0.25, 0.3) is 116 Å². The first-order valence-electron chi connectivity index (χ1n) is 19.0. The molecule has 0 aliphatic rings. The molecule has 0 unspecified atom stereocenters. The fraction of sp³-hybridized carbons (Fsp3) is 0. The molecule has 4 heteroatoms. The summed E-state index contributed by atoms with van der Waals surface area (Å²) in [6.07, 6.45) is 0. The lowest BCUT2D eigenvalue weighted by Gasteiger charge is -2.12. The maximum absolute atomic E-state index is 6.35. The largest absolute Gasteiger partial charge is 0.455 e. The molecule has 0 saturated carbocycles. The van der Waals surface area contributed by atoms with E-state index in [0.717, 1.165) is 66.3 Å². The van der Waals surface area contributed by atoms with Gasteiger partial charge in [-0.05, 0) is 74.6 Å². The summed E-state index contributed by atoms with van der Waals surface area (Å²) < 4.78 is 8.58. The van der Waals surface area contributed by atoms with E-state index < -0.39 is 0 Å². The second-order valence-electron chi connectivity index (χ2n) is 14.6. The summed E-state index contributed by atoms with van der Waals surface area (Å²) >= 11 is 0. The predicted molar refractivity (Wildman–Crippen MR) is 232 cm³/mol. The average molecular weight is 714 g/mol. The molecule has 0 N–H and O–H groups in total. The Bertz CT molecular complexity index is 3540. The molecule has 12 aromatic rings. The van der Waals surface area contributed by atoms with Crippen LogP contribution in [0.5, 0.6) is 0 Å². The Balaban J connectivity index is 0.984. The summed E-state index contributed by atoms with van der Waals surface area (Å²) in [7, 11) is 0. The summed E-state index contributed by atoms with van der Waals surface area (Å²) in [5.74, 6) is 0.660. The van der Waals surface area contributed by atoms with Gasteiger partial charge in [0.05, 0.1) is 22.2 Å². The van der Waals surface area contributed by atoms with Crippen molar-refractivity contribution in [2.24, 2.45) is 0 Å². The second kappa shape index (κ2) is 12.0. The van der Waals surface area contributed by atoms with Gasteiger partial charge in [0.2, 0.25) is 5.95 Å². The average Bonchev–Trinajstić information content (AvgIpc) is 3.82. The Hall–Kier alpha value is -7.56. The van der Waals surface area contributed by atoms with Gasteiger partial charge in [-0.15, -0.1) is 0 Å². The third-order valence-corrected chi connectivity index (χ3v) is 11.4. The molecule has 3 heterocycles. The number of hydrogen-bond donors (Lipinski definition) is 0. The number of aromatic nitrogens is 3. The molecule has 9 aromatic carbocycles. The van der Waals surface area contributed by atoms with Gasteiger partial charge in [-0.25, -0.2) is 9.97 Å². The molecule has 0 atom stereocenters. The molecule has 4 nitrogen and oxygen atoms in total. The second-order valence-corrected chi connectivity index (χ2v) is 14.6. The minimum absolute atomic E-state index is 0.660. The SMILES string of the molecule is c1ccc2cc(-c3nc(-n4c5ccccc5c5c6ccc(-c7ccc(-c8cccc9c8oc8ccccc89)cc7)cc6ccc54)nc4ccccc34)ccc2c1. The molecule has 0 aliphatic heterocycles. The van der Waals surface area contributed by atoms with Crippen LogP contribution in [0.1, 0.15) is 0 Å². The highest BCUT2D eigenvalue weighted by molar-refractivity contribution is 6.21. The lowest BCUT2D eigenvalue weighted by Crippen LogP contribution is -2.03. The normalized spacial score (nSPS) is 11.9. The van der Waals surface area contributed by atoms with E-state index in [1.165, 1.54) is 43.4 Å². The molecular weight excluding hydrogens is 683 g/mol. The molecule has 0 spiro atoms. The van der Waals surface area contributed by atoms with Crippen molar-refractivity contribution >= 4 is 76.2 Å². The van der Waals surface area contributed by atoms with Crippen molar-refractivity contribution in [2.45, 2.75) is 0 Å². The lowest BCUT2D eigenvalue weighted by molar-refractivity contribution is 0.670. The van der Waals surface area contributed by atoms with Crippen molar-refractivity contribution in [1.29, 1.82) is 0 Å². The minimum atomic E-state index is 0.660. The van der Waals surface area contributed by atoms with Gasteiger partial charge in [0.15, 0.2) is 0 Å². The van der Waals surface area contributed by atoms with Crippen LogP contribution in [-0.2, 0) is 0 Å². The van der Waals surface area contributed by atoms with Gasteiger partial charge in [0.1, 0.15) is 11.2 Å². The third-order valence-electron chi connectivity index (χ3n) is 11.4. The topological polar surface area (TPSA) is 43.9 Å². The number of fused-ring (bicyclic) bond motifs is 10. The molecule has 0 amide bonds. The highest BCUT2D eigenvalue weighted by atomic mass is 16.3. The van der Waals surface area contributed by atoms with E-state index in [-0.39, 0.29) is 0 Å². The van der Waals surface area contributed by atoms with Gasteiger partial charge in [0.25, 0.3) is 0 Å². The predicted octanol–water partition coefficient (Wildman–Crippen LogP) is 13.9. The molecular formula is C52H31N3O. The lowest BCUT2D eigenvalue weighted by atomic mass is 9.96. The molecule has 3 aromatic heterocycles. The molecule has 0 radical (unpaired) electrons. The van der Waals surface area contributed by atoms with Crippen molar-refractivity contribution in [3.63, 3.8) is 0 Å². The highest BCUT2D eigenvalue weighted by Crippen LogP contribution is 2.40. The van der Waals surface area contributed by atoms with Gasteiger partial charge in [-0.3, -0.25) is 4.57 Å². The summed E-state index contributed by atoms with van der Waals surface area (Å²) in [4.78, 5) is 10.6. The summed E-state index contributed by atoms with van der Waals surface area (Å²) in [5, 5.41) is 10.5. The zero-order chi connectivity index (χ0) is 36.7. The monoisotopic (exact) mass is 713 g/mol. The fourth-order valence-electron chi connectivity index (χ4n) is 8.73. The summed E-state index contributed by atoms with van der Waals surface area (Å²) in [5.41, 5.74) is 11.5. The maximum Gasteiger partial charge on any atom is 0.235 e. The van der Waals surface area contributed by atoms with Crippen LogP contribution in [0.2, 0.25) is 0 Å². The van der Waals surface area contributed by atoms with Crippen molar-refractivity contribution in [1.82, 2.24) is 14.5 Å². The quantitative estimate of drug-likeness (QED) is 0.182. The van der Waals surface area contributed by atoms with Gasteiger partial charge in [-0.2, -0.15) is 0 Å². The smallest absolute Gasteiger partial charge is 0.235 e. The van der Waals surface area contributed by atoms with Crippen LogP contribution < -0.4 is 0 Å². The van der Waals surface area contributed by atoms with E-state index in [4.69, 9.17) is 14.4 Å². The van der Waals surface area contributed by atoms with Crippen molar-refractivity contribution in [3.05, 3.63) is 188 Å². The molecule has 0 saturated heterocycles. The molecule has 0 fully saturated rings. The molecule has 260 valence electrons. The number of rotatable bonds is 4. The first kappa shape index (κ1) is 30.9. The Morgan fingerprint density at radius 3 is 1.98 bits per heavy atom. The zero-order valence-corrected chi connectivity index (χ0v) is 30.1. The molecule has 0 bridgehead atoms. The van der Waals surface area contributed by atoms with Crippen LogP contribution >= 0.6 is 0 Å². The first-order chi connectivity index (χ1) is 27.7. The highest BCUT2D eigenvalue weighted by Gasteiger charge is 2.19. The third kappa shape index (κ3) is 4.66. The van der Waals surface area contributed by atoms with Gasteiger partial charge >= 0.3 is 0 Å². The number of para-hydroxylation sites is 4. The summed E-state index contributed by atoms with van der Waals surface area (Å²) in [6, 6.07) is 66.8. The molecule has 12 rings (SSSR count). The Labute approximate surface area is 321 Å². The first-order valence-corrected chi connectivity index (χ1v) is 19.0. The maximum atomic E-state index is 6.35. The Morgan fingerprint density at radius 1 is 0.393 bits per heavy atom. The van der Waals surface area contributed by atoms with Crippen molar-refractivity contribution in [3.8, 4) is 39.5 Å². The van der Waals surface area contributed by atoms with Crippen LogP contribution in [-0.4, -0.2) is 14.5 Å². The molecule has 56 heavy (non-hydrogen) atoms. The van der Waals surface area contributed by atoms with E-state index >= 15 is 0 Å². The number of hydrogen-bond acceptors (Lipinski definition) is 3. The van der Waals surface area contributed by atoms with Gasteiger partial charge in [-0.1, -0.05) is 152 Å². The standard InChI is InChI=1S/C52H31N3O/c1-2-11-35-31-38(25-22-32(35)10-1)50-43-13-3-6-17-45(43)53-52(54-50)55-46-18-7-4-14-44(46)49-39-28-26-36(30-37(39)27-29-47(49)55)33-20-23-34(24-21-33)40-15-9-16-42-41-12-5-8-19-48(41)56-51(40)42/h1-31H. The Kier molecular flexibility index (Phi) is 6.60. The van der Waals surface area contributed by atoms with E-state index in [9.17, 15) is 0 Å². The Morgan fingerprint density at radius 2 is 1.07 bits per heavy atom. The van der Waals surface area contributed by atoms with E-state index in [1.807, 2.05) is 12.1 Å². The number of benzene rings is 9. The van der Waals surface area contributed by atoms with Crippen molar-refractivity contribution < 1.29 is 4.42 Å².